The molecule has 2 aromatic rings. The predicted octanol–water partition coefficient (Wildman–Crippen LogP) is 2.74. The molecule has 0 amide bonds. The zero-order valence-corrected chi connectivity index (χ0v) is 13.0. The van der Waals surface area contributed by atoms with Gasteiger partial charge in [0.1, 0.15) is 5.69 Å². The lowest BCUT2D eigenvalue weighted by atomic mass is 10.1. The van der Waals surface area contributed by atoms with Crippen molar-refractivity contribution in [2.75, 3.05) is 12.3 Å². The molecule has 0 bridgehead atoms. The fourth-order valence-electron chi connectivity index (χ4n) is 1.94. The Morgan fingerprint density at radius 2 is 2.05 bits per heavy atom. The zero-order chi connectivity index (χ0) is 16.3. The Kier molecular flexibility index (Phi) is 5.07. The van der Waals surface area contributed by atoms with E-state index in [1.165, 1.54) is 6.20 Å². The highest BCUT2D eigenvalue weighted by atomic mass is 32.2. The van der Waals surface area contributed by atoms with E-state index in [0.29, 0.717) is 24.4 Å². The number of nitrogens with two attached hydrogens (primary N) is 1. The van der Waals surface area contributed by atoms with Crippen molar-refractivity contribution < 1.29 is 13.2 Å². The number of hydrogen-bond acceptors (Lipinski definition) is 5. The van der Waals surface area contributed by atoms with Crippen LogP contribution in [0.2, 0.25) is 0 Å². The molecule has 2 rings (SSSR count). The van der Waals surface area contributed by atoms with Gasteiger partial charge in [-0.15, -0.1) is 0 Å². The smallest absolute Gasteiger partial charge is 0.330 e. The standard InChI is InChI=1S/C13H16F3N5S/c1-3-21-8(2)9(7-18-21)10-6-11(13(14,15)16)20-12(19-10)22-5-4-17/h6-7H,3-5,17H2,1-2H3. The van der Waals surface area contributed by atoms with E-state index in [1.807, 2.05) is 6.92 Å². The summed E-state index contributed by atoms with van der Waals surface area (Å²) in [6, 6.07) is 0.955. The predicted molar refractivity (Wildman–Crippen MR) is 78.4 cm³/mol. The molecule has 2 heterocycles. The highest BCUT2D eigenvalue weighted by Crippen LogP contribution is 2.32. The van der Waals surface area contributed by atoms with Gasteiger partial charge < -0.3 is 5.73 Å². The molecular formula is C13H16F3N5S. The first-order valence-electron chi connectivity index (χ1n) is 6.68. The van der Waals surface area contributed by atoms with Gasteiger partial charge in [0.25, 0.3) is 0 Å². The molecule has 0 spiro atoms. The Morgan fingerprint density at radius 3 is 2.59 bits per heavy atom. The molecule has 0 aromatic carbocycles. The summed E-state index contributed by atoms with van der Waals surface area (Å²) in [6.45, 7) is 4.69. The van der Waals surface area contributed by atoms with Crippen LogP contribution in [0.3, 0.4) is 0 Å². The SMILES string of the molecule is CCn1ncc(-c2cc(C(F)(F)F)nc(SCCN)n2)c1C. The van der Waals surface area contributed by atoms with Gasteiger partial charge in [-0.05, 0) is 19.9 Å². The van der Waals surface area contributed by atoms with Crippen LogP contribution in [0.1, 0.15) is 18.3 Å². The van der Waals surface area contributed by atoms with Crippen molar-refractivity contribution in [2.45, 2.75) is 31.7 Å². The van der Waals surface area contributed by atoms with Crippen LogP contribution in [-0.4, -0.2) is 32.0 Å². The Morgan fingerprint density at radius 1 is 1.32 bits per heavy atom. The van der Waals surface area contributed by atoms with E-state index in [0.717, 1.165) is 23.5 Å². The van der Waals surface area contributed by atoms with E-state index in [9.17, 15) is 13.2 Å². The Hall–Kier alpha value is -1.61. The minimum absolute atomic E-state index is 0.0684. The summed E-state index contributed by atoms with van der Waals surface area (Å²) >= 11 is 1.10. The summed E-state index contributed by atoms with van der Waals surface area (Å²) in [6.07, 6.45) is -3.00. The average molecular weight is 331 g/mol. The number of aromatic nitrogens is 4. The lowest BCUT2D eigenvalue weighted by molar-refractivity contribution is -0.141. The summed E-state index contributed by atoms with van der Waals surface area (Å²) in [5.41, 5.74) is 5.99. The van der Waals surface area contributed by atoms with Crippen LogP contribution in [-0.2, 0) is 12.7 Å². The molecule has 2 N–H and O–H groups in total. The van der Waals surface area contributed by atoms with Gasteiger partial charge in [0, 0.05) is 30.1 Å². The maximum atomic E-state index is 13.0. The molecule has 5 nitrogen and oxygen atoms in total. The number of rotatable bonds is 5. The van der Waals surface area contributed by atoms with Crippen molar-refractivity contribution >= 4 is 11.8 Å². The summed E-state index contributed by atoms with van der Waals surface area (Å²) in [4.78, 5) is 7.77. The molecule has 0 fully saturated rings. The monoisotopic (exact) mass is 331 g/mol. The van der Waals surface area contributed by atoms with E-state index >= 15 is 0 Å². The fraction of sp³-hybridized carbons (Fsp3) is 0.462. The highest BCUT2D eigenvalue weighted by Gasteiger charge is 2.34. The number of thioether (sulfide) groups is 1. The van der Waals surface area contributed by atoms with E-state index in [4.69, 9.17) is 5.73 Å². The Balaban J connectivity index is 2.51. The van der Waals surface area contributed by atoms with Gasteiger partial charge in [0.05, 0.1) is 11.9 Å². The lowest BCUT2D eigenvalue weighted by Gasteiger charge is -2.10. The van der Waals surface area contributed by atoms with Crippen LogP contribution in [0.25, 0.3) is 11.3 Å². The van der Waals surface area contributed by atoms with Crippen LogP contribution in [0.15, 0.2) is 17.4 Å². The third-order valence-electron chi connectivity index (χ3n) is 3.02. The number of nitrogens with zero attached hydrogens (tertiary/aromatic N) is 4. The first-order valence-corrected chi connectivity index (χ1v) is 7.67. The molecule has 0 saturated carbocycles. The highest BCUT2D eigenvalue weighted by molar-refractivity contribution is 7.99. The molecule has 2 aromatic heterocycles. The summed E-state index contributed by atoms with van der Waals surface area (Å²) in [5.74, 6) is 0.452. The molecule has 0 radical (unpaired) electrons. The Bertz CT molecular complexity index is 654. The van der Waals surface area contributed by atoms with Crippen LogP contribution in [0.4, 0.5) is 13.2 Å². The lowest BCUT2D eigenvalue weighted by Crippen LogP contribution is -2.11. The van der Waals surface area contributed by atoms with E-state index in [2.05, 4.69) is 15.1 Å². The molecule has 0 aliphatic carbocycles. The summed E-state index contributed by atoms with van der Waals surface area (Å²) in [5, 5.41) is 4.21. The number of hydrogen-bond donors (Lipinski definition) is 1. The van der Waals surface area contributed by atoms with Gasteiger partial charge in [0.15, 0.2) is 5.16 Å². The Labute approximate surface area is 130 Å². The van der Waals surface area contributed by atoms with Crippen molar-refractivity contribution in [3.05, 3.63) is 23.7 Å². The van der Waals surface area contributed by atoms with Gasteiger partial charge in [-0.1, -0.05) is 11.8 Å². The first kappa shape index (κ1) is 16.8. The zero-order valence-electron chi connectivity index (χ0n) is 12.2. The molecule has 0 unspecified atom stereocenters. The average Bonchev–Trinajstić information content (AvgIpc) is 2.84. The molecule has 0 saturated heterocycles. The van der Waals surface area contributed by atoms with E-state index in [-0.39, 0.29) is 10.9 Å². The maximum Gasteiger partial charge on any atom is 0.433 e. The van der Waals surface area contributed by atoms with E-state index in [1.54, 1.807) is 11.6 Å². The first-order chi connectivity index (χ1) is 10.4. The topological polar surface area (TPSA) is 69.6 Å². The van der Waals surface area contributed by atoms with Gasteiger partial charge in [-0.2, -0.15) is 18.3 Å². The van der Waals surface area contributed by atoms with Crippen molar-refractivity contribution in [1.82, 2.24) is 19.7 Å². The normalized spacial score (nSPS) is 11.9. The van der Waals surface area contributed by atoms with Crippen molar-refractivity contribution in [3.63, 3.8) is 0 Å². The van der Waals surface area contributed by atoms with Gasteiger partial charge >= 0.3 is 6.18 Å². The molecule has 120 valence electrons. The molecular weight excluding hydrogens is 315 g/mol. The third-order valence-corrected chi connectivity index (χ3v) is 3.90. The molecule has 0 atom stereocenters. The van der Waals surface area contributed by atoms with Crippen LogP contribution in [0.5, 0.6) is 0 Å². The fourth-order valence-corrected chi connectivity index (χ4v) is 2.57. The van der Waals surface area contributed by atoms with Crippen LogP contribution in [0, 0.1) is 6.92 Å². The van der Waals surface area contributed by atoms with Crippen molar-refractivity contribution in [3.8, 4) is 11.3 Å². The summed E-state index contributed by atoms with van der Waals surface area (Å²) < 4.78 is 40.7. The van der Waals surface area contributed by atoms with Crippen molar-refractivity contribution in [2.24, 2.45) is 5.73 Å². The summed E-state index contributed by atoms with van der Waals surface area (Å²) in [7, 11) is 0. The van der Waals surface area contributed by atoms with Crippen molar-refractivity contribution in [1.29, 1.82) is 0 Å². The molecule has 22 heavy (non-hydrogen) atoms. The second-order valence-electron chi connectivity index (χ2n) is 4.52. The molecule has 9 heteroatoms. The van der Waals surface area contributed by atoms with Gasteiger partial charge in [-0.3, -0.25) is 4.68 Å². The maximum absolute atomic E-state index is 13.0. The van der Waals surface area contributed by atoms with Crippen LogP contribution < -0.4 is 5.73 Å². The minimum Gasteiger partial charge on any atom is -0.330 e. The minimum atomic E-state index is -4.52. The quantitative estimate of drug-likeness (QED) is 0.674. The molecule has 0 aliphatic rings. The van der Waals surface area contributed by atoms with Gasteiger partial charge in [0.2, 0.25) is 0 Å². The third kappa shape index (κ3) is 3.58. The number of aryl methyl sites for hydroxylation is 1. The number of alkyl halides is 3. The second-order valence-corrected chi connectivity index (χ2v) is 5.58. The van der Waals surface area contributed by atoms with E-state index < -0.39 is 11.9 Å². The number of halogens is 3. The van der Waals surface area contributed by atoms with Crippen LogP contribution >= 0.6 is 11.8 Å². The molecule has 0 aliphatic heterocycles. The van der Waals surface area contributed by atoms with Gasteiger partial charge in [-0.25, -0.2) is 9.97 Å². The largest absolute Gasteiger partial charge is 0.433 e. The second kappa shape index (κ2) is 6.66.